The molecule has 112 valence electrons. The molecule has 0 radical (unpaired) electrons. The highest BCUT2D eigenvalue weighted by molar-refractivity contribution is 7.91. The highest BCUT2D eigenvalue weighted by atomic mass is 32.2. The molecule has 6 heteroatoms. The van der Waals surface area contributed by atoms with Crippen molar-refractivity contribution in [3.63, 3.8) is 0 Å². The Labute approximate surface area is 128 Å². The molecule has 21 heavy (non-hydrogen) atoms. The molecule has 2 heterocycles. The molecule has 0 spiro atoms. The second-order valence-electron chi connectivity index (χ2n) is 5.05. The first-order valence-electron chi connectivity index (χ1n) is 6.88. The highest BCUT2D eigenvalue weighted by Gasteiger charge is 2.27. The number of sulfonamides is 1. The normalized spacial score (nSPS) is 16.4. The van der Waals surface area contributed by atoms with E-state index in [2.05, 4.69) is 12.1 Å². The van der Waals surface area contributed by atoms with Gasteiger partial charge in [-0.1, -0.05) is 24.3 Å². The van der Waals surface area contributed by atoms with Crippen LogP contribution < -0.4 is 0 Å². The monoisotopic (exact) mass is 323 g/mol. The van der Waals surface area contributed by atoms with Crippen LogP contribution in [0.15, 0.2) is 40.6 Å². The van der Waals surface area contributed by atoms with E-state index in [1.807, 2.05) is 12.1 Å². The molecule has 0 saturated carbocycles. The van der Waals surface area contributed by atoms with Gasteiger partial charge in [0.2, 0.25) is 0 Å². The standard InChI is InChI=1S/C15H17NO3S2/c17-11-14-5-6-15(20-14)21(18,19)16-9-7-12-3-1-2-4-13(12)8-10-16/h1-6,17H,7-11H2. The van der Waals surface area contributed by atoms with Crippen LogP contribution in [0.2, 0.25) is 0 Å². The minimum absolute atomic E-state index is 0.119. The fraction of sp³-hybridized carbons (Fsp3) is 0.333. The SMILES string of the molecule is O=S(=O)(c1ccc(CO)s1)N1CCc2ccccc2CC1. The minimum Gasteiger partial charge on any atom is -0.391 e. The Kier molecular flexibility index (Phi) is 4.12. The van der Waals surface area contributed by atoms with Crippen LogP contribution in [0, 0.1) is 0 Å². The van der Waals surface area contributed by atoms with Gasteiger partial charge in [0.1, 0.15) is 4.21 Å². The molecule has 1 aliphatic heterocycles. The van der Waals surface area contributed by atoms with Crippen LogP contribution >= 0.6 is 11.3 Å². The summed E-state index contributed by atoms with van der Waals surface area (Å²) in [5.74, 6) is 0. The molecule has 1 aliphatic rings. The van der Waals surface area contributed by atoms with Gasteiger partial charge in [0, 0.05) is 18.0 Å². The Morgan fingerprint density at radius 2 is 1.67 bits per heavy atom. The van der Waals surface area contributed by atoms with Crippen molar-refractivity contribution >= 4 is 21.4 Å². The maximum atomic E-state index is 12.7. The summed E-state index contributed by atoms with van der Waals surface area (Å²) in [4.78, 5) is 0.673. The second-order valence-corrected chi connectivity index (χ2v) is 8.38. The van der Waals surface area contributed by atoms with E-state index in [0.717, 1.165) is 24.2 Å². The molecular weight excluding hydrogens is 306 g/mol. The van der Waals surface area contributed by atoms with Crippen molar-refractivity contribution in [1.29, 1.82) is 0 Å². The van der Waals surface area contributed by atoms with Gasteiger partial charge in [0.25, 0.3) is 10.0 Å². The zero-order chi connectivity index (χ0) is 14.9. The van der Waals surface area contributed by atoms with E-state index < -0.39 is 10.0 Å². The summed E-state index contributed by atoms with van der Waals surface area (Å²) in [6.45, 7) is 0.892. The van der Waals surface area contributed by atoms with Gasteiger partial charge in [0.05, 0.1) is 6.61 Å². The predicted octanol–water partition coefficient (Wildman–Crippen LogP) is 2.03. The first-order valence-corrected chi connectivity index (χ1v) is 9.13. The van der Waals surface area contributed by atoms with Gasteiger partial charge >= 0.3 is 0 Å². The molecule has 0 aliphatic carbocycles. The third-order valence-corrected chi connectivity index (χ3v) is 7.20. The molecule has 0 unspecified atom stereocenters. The van der Waals surface area contributed by atoms with Gasteiger partial charge in [-0.2, -0.15) is 4.31 Å². The molecule has 0 bridgehead atoms. The Morgan fingerprint density at radius 1 is 1.05 bits per heavy atom. The predicted molar refractivity (Wildman–Crippen MR) is 82.9 cm³/mol. The smallest absolute Gasteiger partial charge is 0.252 e. The van der Waals surface area contributed by atoms with Gasteiger partial charge in [0.15, 0.2) is 0 Å². The molecule has 0 amide bonds. The Morgan fingerprint density at radius 3 is 2.19 bits per heavy atom. The van der Waals surface area contributed by atoms with Crippen molar-refractivity contribution < 1.29 is 13.5 Å². The lowest BCUT2D eigenvalue weighted by atomic mass is 10.0. The number of nitrogens with zero attached hydrogens (tertiary/aromatic N) is 1. The van der Waals surface area contributed by atoms with Crippen LogP contribution in [0.1, 0.15) is 16.0 Å². The fourth-order valence-corrected chi connectivity index (χ4v) is 5.41. The molecule has 3 rings (SSSR count). The second kappa shape index (κ2) is 5.88. The van der Waals surface area contributed by atoms with E-state index in [9.17, 15) is 8.42 Å². The largest absolute Gasteiger partial charge is 0.391 e. The third-order valence-electron chi connectivity index (χ3n) is 3.77. The minimum atomic E-state index is -3.45. The summed E-state index contributed by atoms with van der Waals surface area (Å²) in [6, 6.07) is 11.4. The summed E-state index contributed by atoms with van der Waals surface area (Å²) in [5.41, 5.74) is 2.47. The Balaban J connectivity index is 1.84. The van der Waals surface area contributed by atoms with E-state index in [0.29, 0.717) is 22.2 Å². The summed E-state index contributed by atoms with van der Waals surface area (Å²) < 4.78 is 27.2. The number of aliphatic hydroxyl groups excluding tert-OH is 1. The van der Waals surface area contributed by atoms with Crippen molar-refractivity contribution in [2.45, 2.75) is 23.7 Å². The van der Waals surface area contributed by atoms with Gasteiger partial charge < -0.3 is 5.11 Å². The topological polar surface area (TPSA) is 57.6 Å². The lowest BCUT2D eigenvalue weighted by Crippen LogP contribution is -2.32. The Bertz CT molecular complexity index is 710. The first kappa shape index (κ1) is 14.7. The summed E-state index contributed by atoms with van der Waals surface area (Å²) >= 11 is 1.14. The fourth-order valence-electron chi connectivity index (χ4n) is 2.60. The van der Waals surface area contributed by atoms with E-state index in [-0.39, 0.29) is 6.61 Å². The molecule has 0 fully saturated rings. The van der Waals surface area contributed by atoms with Crippen LogP contribution in [0.4, 0.5) is 0 Å². The summed E-state index contributed by atoms with van der Waals surface area (Å²) in [7, 11) is -3.45. The number of thiophene rings is 1. The average Bonchev–Trinajstić information content (AvgIpc) is 2.87. The highest BCUT2D eigenvalue weighted by Crippen LogP contribution is 2.27. The van der Waals surface area contributed by atoms with Crippen LogP contribution in [0.5, 0.6) is 0 Å². The average molecular weight is 323 g/mol. The lowest BCUT2D eigenvalue weighted by molar-refractivity contribution is 0.285. The molecule has 0 atom stereocenters. The molecule has 2 aromatic rings. The number of fused-ring (bicyclic) bond motifs is 1. The van der Waals surface area contributed by atoms with E-state index in [1.54, 1.807) is 16.4 Å². The maximum Gasteiger partial charge on any atom is 0.252 e. The summed E-state index contributed by atoms with van der Waals surface area (Å²) in [5, 5.41) is 9.09. The van der Waals surface area contributed by atoms with Crippen LogP contribution in [-0.2, 0) is 29.5 Å². The summed E-state index contributed by atoms with van der Waals surface area (Å²) in [6.07, 6.45) is 1.49. The molecular formula is C15H17NO3S2. The van der Waals surface area contributed by atoms with Crippen molar-refractivity contribution in [2.24, 2.45) is 0 Å². The number of aliphatic hydroxyl groups is 1. The van der Waals surface area contributed by atoms with Crippen molar-refractivity contribution in [2.75, 3.05) is 13.1 Å². The van der Waals surface area contributed by atoms with E-state index in [4.69, 9.17) is 5.11 Å². The quantitative estimate of drug-likeness (QED) is 0.940. The van der Waals surface area contributed by atoms with Crippen LogP contribution in [0.3, 0.4) is 0 Å². The number of rotatable bonds is 3. The van der Waals surface area contributed by atoms with Crippen LogP contribution in [0.25, 0.3) is 0 Å². The number of hydrogen-bond acceptors (Lipinski definition) is 4. The van der Waals surface area contributed by atoms with Crippen molar-refractivity contribution in [3.05, 3.63) is 52.4 Å². The van der Waals surface area contributed by atoms with Gasteiger partial charge in [-0.15, -0.1) is 11.3 Å². The number of hydrogen-bond donors (Lipinski definition) is 1. The zero-order valence-electron chi connectivity index (χ0n) is 11.5. The van der Waals surface area contributed by atoms with Crippen molar-refractivity contribution in [1.82, 2.24) is 4.31 Å². The van der Waals surface area contributed by atoms with Crippen molar-refractivity contribution in [3.8, 4) is 0 Å². The Hall–Kier alpha value is -1.21. The van der Waals surface area contributed by atoms with Gasteiger partial charge in [-0.25, -0.2) is 8.42 Å². The van der Waals surface area contributed by atoms with Gasteiger partial charge in [-0.3, -0.25) is 0 Å². The number of benzene rings is 1. The molecule has 4 nitrogen and oxygen atoms in total. The maximum absolute atomic E-state index is 12.7. The van der Waals surface area contributed by atoms with Gasteiger partial charge in [-0.05, 0) is 36.1 Å². The lowest BCUT2D eigenvalue weighted by Gasteiger charge is -2.18. The van der Waals surface area contributed by atoms with E-state index >= 15 is 0 Å². The third kappa shape index (κ3) is 2.89. The molecule has 1 N–H and O–H groups in total. The zero-order valence-corrected chi connectivity index (χ0v) is 13.2. The molecule has 1 aromatic carbocycles. The van der Waals surface area contributed by atoms with Crippen LogP contribution in [-0.4, -0.2) is 30.9 Å². The molecule has 0 saturated heterocycles. The first-order chi connectivity index (χ1) is 10.1. The van der Waals surface area contributed by atoms with E-state index in [1.165, 1.54) is 11.1 Å². The molecule has 1 aromatic heterocycles.